The molecule has 0 saturated carbocycles. The molecule has 1 aliphatic rings. The summed E-state index contributed by atoms with van der Waals surface area (Å²) in [7, 11) is 0. The number of hydrogen-bond donors (Lipinski definition) is 0. The Bertz CT molecular complexity index is 431. The Labute approximate surface area is 145 Å². The van der Waals surface area contributed by atoms with E-state index in [0.717, 1.165) is 0 Å². The second-order valence-corrected chi connectivity index (χ2v) is 9.27. The summed E-state index contributed by atoms with van der Waals surface area (Å²) in [5, 5.41) is 0. The maximum atomic E-state index is 12.5. The quantitative estimate of drug-likeness (QED) is 0.718. The molecule has 6 nitrogen and oxygen atoms in total. The largest absolute Gasteiger partial charge is 0.458 e. The molecular weight excluding hydrogens is 310 g/mol. The number of hydrogen-bond acceptors (Lipinski definition) is 5. The Morgan fingerprint density at radius 2 is 1.33 bits per heavy atom. The zero-order valence-electron chi connectivity index (χ0n) is 16.6. The fraction of sp³-hybridized carbons (Fsp3) is 0.889. The molecular formula is C18H33NO5. The van der Waals surface area contributed by atoms with Crippen LogP contribution in [0.1, 0.15) is 68.7 Å². The van der Waals surface area contributed by atoms with Crippen LogP contribution in [0, 0.1) is 0 Å². The summed E-state index contributed by atoms with van der Waals surface area (Å²) in [4.78, 5) is 26.4. The van der Waals surface area contributed by atoms with E-state index in [1.54, 1.807) is 41.5 Å². The van der Waals surface area contributed by atoms with Gasteiger partial charge in [-0.25, -0.2) is 9.59 Å². The molecule has 0 aromatic rings. The van der Waals surface area contributed by atoms with Crippen molar-refractivity contribution in [1.29, 1.82) is 0 Å². The van der Waals surface area contributed by atoms with E-state index < -0.39 is 29.3 Å². The number of ether oxygens (including phenoxy) is 3. The van der Waals surface area contributed by atoms with Crippen LogP contribution in [0.15, 0.2) is 0 Å². The molecule has 0 unspecified atom stereocenters. The Morgan fingerprint density at radius 3 is 1.75 bits per heavy atom. The second-order valence-electron chi connectivity index (χ2n) is 9.27. The lowest BCUT2D eigenvalue weighted by Gasteiger charge is -2.29. The van der Waals surface area contributed by atoms with Crippen LogP contribution in [-0.2, 0) is 19.0 Å². The smallest absolute Gasteiger partial charge is 0.411 e. The van der Waals surface area contributed by atoms with E-state index in [9.17, 15) is 9.59 Å². The average molecular weight is 343 g/mol. The number of amides is 1. The van der Waals surface area contributed by atoms with E-state index in [4.69, 9.17) is 14.2 Å². The Kier molecular flexibility index (Phi) is 5.97. The van der Waals surface area contributed by atoms with Crippen LogP contribution >= 0.6 is 0 Å². The standard InChI is InChI=1S/C18H33NO5/c1-16(2,3)22-12-10-13(14(20)23-17(4,5)6)19(11-12)15(21)24-18(7,8)9/h12-13H,10-11H2,1-9H3/t12-,13+/m1/s1. The van der Waals surface area contributed by atoms with Crippen LogP contribution in [0.3, 0.4) is 0 Å². The third-order valence-electron chi connectivity index (χ3n) is 3.09. The van der Waals surface area contributed by atoms with Crippen LogP contribution < -0.4 is 0 Å². The molecule has 0 aromatic carbocycles. The molecule has 1 amide bonds. The van der Waals surface area contributed by atoms with Crippen molar-refractivity contribution in [2.75, 3.05) is 6.54 Å². The van der Waals surface area contributed by atoms with Crippen molar-refractivity contribution >= 4 is 12.1 Å². The van der Waals surface area contributed by atoms with Crippen molar-refractivity contribution in [1.82, 2.24) is 4.90 Å². The van der Waals surface area contributed by atoms with Crippen LogP contribution in [0.5, 0.6) is 0 Å². The molecule has 1 rings (SSSR count). The van der Waals surface area contributed by atoms with Gasteiger partial charge in [0.2, 0.25) is 0 Å². The zero-order valence-corrected chi connectivity index (χ0v) is 16.6. The predicted molar refractivity (Wildman–Crippen MR) is 91.8 cm³/mol. The van der Waals surface area contributed by atoms with E-state index in [1.807, 2.05) is 20.8 Å². The Morgan fingerprint density at radius 1 is 0.833 bits per heavy atom. The van der Waals surface area contributed by atoms with Crippen LogP contribution in [0.25, 0.3) is 0 Å². The second kappa shape index (κ2) is 6.90. The molecule has 6 heteroatoms. The van der Waals surface area contributed by atoms with Crippen molar-refractivity contribution in [2.24, 2.45) is 0 Å². The lowest BCUT2D eigenvalue weighted by Crippen LogP contribution is -2.45. The average Bonchev–Trinajstić information content (AvgIpc) is 2.65. The summed E-state index contributed by atoms with van der Waals surface area (Å²) in [5.74, 6) is -0.423. The third-order valence-corrected chi connectivity index (χ3v) is 3.09. The lowest BCUT2D eigenvalue weighted by atomic mass is 10.1. The first kappa shape index (κ1) is 20.7. The Balaban J connectivity index is 2.93. The highest BCUT2D eigenvalue weighted by Gasteiger charge is 2.44. The highest BCUT2D eigenvalue weighted by atomic mass is 16.6. The lowest BCUT2D eigenvalue weighted by molar-refractivity contribution is -0.160. The van der Waals surface area contributed by atoms with E-state index in [2.05, 4.69) is 0 Å². The zero-order chi connectivity index (χ0) is 18.9. The van der Waals surface area contributed by atoms with Gasteiger partial charge in [0, 0.05) is 6.42 Å². The fourth-order valence-corrected chi connectivity index (χ4v) is 2.50. The van der Waals surface area contributed by atoms with E-state index in [1.165, 1.54) is 4.90 Å². The van der Waals surface area contributed by atoms with E-state index in [0.29, 0.717) is 13.0 Å². The van der Waals surface area contributed by atoms with Gasteiger partial charge in [-0.15, -0.1) is 0 Å². The van der Waals surface area contributed by atoms with Gasteiger partial charge in [0.1, 0.15) is 17.2 Å². The fourth-order valence-electron chi connectivity index (χ4n) is 2.50. The van der Waals surface area contributed by atoms with Gasteiger partial charge in [0.05, 0.1) is 18.2 Å². The normalized spacial score (nSPS) is 22.5. The highest BCUT2D eigenvalue weighted by molar-refractivity contribution is 5.82. The van der Waals surface area contributed by atoms with Gasteiger partial charge in [0.25, 0.3) is 0 Å². The molecule has 140 valence electrons. The number of rotatable bonds is 2. The molecule has 0 aromatic heterocycles. The van der Waals surface area contributed by atoms with Crippen molar-refractivity contribution in [2.45, 2.75) is 97.7 Å². The van der Waals surface area contributed by atoms with Gasteiger partial charge < -0.3 is 14.2 Å². The number of likely N-dealkylation sites (tertiary alicyclic amines) is 1. The van der Waals surface area contributed by atoms with Gasteiger partial charge in [0.15, 0.2) is 0 Å². The molecule has 0 radical (unpaired) electrons. The molecule has 1 saturated heterocycles. The van der Waals surface area contributed by atoms with Crippen LogP contribution in [0.2, 0.25) is 0 Å². The third kappa shape index (κ3) is 7.07. The molecule has 2 atom stereocenters. The summed E-state index contributed by atoms with van der Waals surface area (Å²) < 4.78 is 16.9. The van der Waals surface area contributed by atoms with Crippen molar-refractivity contribution in [3.05, 3.63) is 0 Å². The van der Waals surface area contributed by atoms with E-state index in [-0.39, 0.29) is 11.7 Å². The number of esters is 1. The molecule has 0 spiro atoms. The van der Waals surface area contributed by atoms with Gasteiger partial charge in [-0.3, -0.25) is 4.90 Å². The summed E-state index contributed by atoms with van der Waals surface area (Å²) >= 11 is 0. The first-order chi connectivity index (χ1) is 10.6. The maximum Gasteiger partial charge on any atom is 0.411 e. The minimum Gasteiger partial charge on any atom is -0.458 e. The SMILES string of the molecule is CC(C)(C)OC(=O)[C@@H]1C[C@@H](OC(C)(C)C)CN1C(=O)OC(C)(C)C. The molecule has 0 bridgehead atoms. The van der Waals surface area contributed by atoms with Crippen LogP contribution in [0.4, 0.5) is 4.79 Å². The summed E-state index contributed by atoms with van der Waals surface area (Å²) in [6.45, 7) is 17.0. The van der Waals surface area contributed by atoms with Gasteiger partial charge in [-0.1, -0.05) is 0 Å². The molecule has 1 fully saturated rings. The first-order valence-electron chi connectivity index (χ1n) is 8.48. The number of nitrogens with zero attached hydrogens (tertiary/aromatic N) is 1. The monoisotopic (exact) mass is 343 g/mol. The minimum atomic E-state index is -0.688. The topological polar surface area (TPSA) is 65.1 Å². The maximum absolute atomic E-state index is 12.5. The Hall–Kier alpha value is -1.30. The van der Waals surface area contributed by atoms with Crippen molar-refractivity contribution in [3.8, 4) is 0 Å². The molecule has 1 heterocycles. The summed E-state index contributed by atoms with van der Waals surface area (Å²) in [6, 6.07) is -0.688. The molecule has 1 aliphatic heterocycles. The number of carbonyl (C=O) groups excluding carboxylic acids is 2. The summed E-state index contributed by atoms with van der Waals surface area (Å²) in [5.41, 5.74) is -1.59. The van der Waals surface area contributed by atoms with Crippen LogP contribution in [-0.4, -0.2) is 52.5 Å². The molecule has 0 N–H and O–H groups in total. The molecule has 24 heavy (non-hydrogen) atoms. The minimum absolute atomic E-state index is 0.227. The predicted octanol–water partition coefficient (Wildman–Crippen LogP) is 3.52. The first-order valence-corrected chi connectivity index (χ1v) is 8.48. The van der Waals surface area contributed by atoms with E-state index >= 15 is 0 Å². The highest BCUT2D eigenvalue weighted by Crippen LogP contribution is 2.28. The van der Waals surface area contributed by atoms with Gasteiger partial charge >= 0.3 is 12.1 Å². The van der Waals surface area contributed by atoms with Crippen molar-refractivity contribution < 1.29 is 23.8 Å². The molecule has 0 aliphatic carbocycles. The van der Waals surface area contributed by atoms with Crippen molar-refractivity contribution in [3.63, 3.8) is 0 Å². The summed E-state index contributed by atoms with van der Waals surface area (Å²) in [6.07, 6.45) is -0.334. The number of carbonyl (C=O) groups is 2. The van der Waals surface area contributed by atoms with Gasteiger partial charge in [-0.05, 0) is 62.3 Å². The van der Waals surface area contributed by atoms with Gasteiger partial charge in [-0.2, -0.15) is 0 Å².